The number of halogens is 3. The molecule has 0 bridgehead atoms. The Hall–Kier alpha value is -0.690. The van der Waals surface area contributed by atoms with E-state index in [1.54, 1.807) is 13.8 Å². The number of nitrogens with one attached hydrogen (secondary N) is 1. The van der Waals surface area contributed by atoms with E-state index in [0.717, 1.165) is 6.42 Å². The van der Waals surface area contributed by atoms with Gasteiger partial charge in [0.25, 0.3) is 0 Å². The first-order chi connectivity index (χ1) is 7.26. The van der Waals surface area contributed by atoms with E-state index in [1.165, 1.54) is 0 Å². The first-order valence-corrected chi connectivity index (χ1v) is 5.58. The van der Waals surface area contributed by atoms with E-state index in [-0.39, 0.29) is 6.42 Å². The highest BCUT2D eigenvalue weighted by Crippen LogP contribution is 2.38. The van der Waals surface area contributed by atoms with Crippen LogP contribution in [0.3, 0.4) is 0 Å². The zero-order valence-electron chi connectivity index (χ0n) is 9.69. The number of rotatable bonds is 2. The molecule has 92 valence electrons. The molecule has 0 heterocycles. The molecule has 16 heavy (non-hydrogen) atoms. The molecule has 2 unspecified atom stereocenters. The molecule has 0 radical (unpaired) electrons. The van der Waals surface area contributed by atoms with E-state index >= 15 is 0 Å². The molecule has 0 aromatic carbocycles. The molecule has 1 fully saturated rings. The summed E-state index contributed by atoms with van der Waals surface area (Å²) in [6.45, 7) is 3.46. The summed E-state index contributed by atoms with van der Waals surface area (Å²) in [6, 6.07) is -0.542. The second-order valence-electron chi connectivity index (χ2n) is 4.95. The van der Waals surface area contributed by atoms with Gasteiger partial charge in [0.15, 0.2) is 0 Å². The number of terminal acetylenes is 1. The van der Waals surface area contributed by atoms with Crippen molar-refractivity contribution in [3.8, 4) is 12.3 Å². The van der Waals surface area contributed by atoms with Crippen LogP contribution in [0.25, 0.3) is 0 Å². The van der Waals surface area contributed by atoms with Crippen molar-refractivity contribution in [3.05, 3.63) is 0 Å². The third-order valence-electron chi connectivity index (χ3n) is 3.09. The maximum Gasteiger partial charge on any atom is 0.393 e. The fraction of sp³-hybridized carbons (Fsp3) is 0.833. The molecule has 0 spiro atoms. The Morgan fingerprint density at radius 3 is 2.25 bits per heavy atom. The molecule has 0 saturated heterocycles. The van der Waals surface area contributed by atoms with Gasteiger partial charge in [-0.3, -0.25) is 5.32 Å². The fourth-order valence-corrected chi connectivity index (χ4v) is 2.20. The van der Waals surface area contributed by atoms with Gasteiger partial charge in [0, 0.05) is 6.04 Å². The van der Waals surface area contributed by atoms with E-state index in [4.69, 9.17) is 6.42 Å². The summed E-state index contributed by atoms with van der Waals surface area (Å²) >= 11 is 0. The summed E-state index contributed by atoms with van der Waals surface area (Å²) < 4.78 is 38.3. The van der Waals surface area contributed by atoms with Crippen LogP contribution in [-0.2, 0) is 0 Å². The van der Waals surface area contributed by atoms with Crippen LogP contribution in [0.1, 0.15) is 39.5 Å². The maximum absolute atomic E-state index is 12.8. The quantitative estimate of drug-likeness (QED) is 0.723. The first-order valence-electron chi connectivity index (χ1n) is 5.58. The van der Waals surface area contributed by atoms with Gasteiger partial charge >= 0.3 is 6.18 Å². The van der Waals surface area contributed by atoms with Gasteiger partial charge in [-0.05, 0) is 26.7 Å². The standard InChI is InChI=1S/C12H18F3N/c1-4-11(2,3)16-10-8-6-5-7-9(10)12(13,14)15/h1,9-10,16H,5-8H2,2-3H3. The highest BCUT2D eigenvalue weighted by Gasteiger charge is 2.46. The summed E-state index contributed by atoms with van der Waals surface area (Å²) in [7, 11) is 0. The van der Waals surface area contributed by atoms with E-state index < -0.39 is 23.7 Å². The van der Waals surface area contributed by atoms with Crippen LogP contribution in [0.15, 0.2) is 0 Å². The summed E-state index contributed by atoms with van der Waals surface area (Å²) in [4.78, 5) is 0. The van der Waals surface area contributed by atoms with Gasteiger partial charge in [-0.15, -0.1) is 6.42 Å². The second-order valence-corrected chi connectivity index (χ2v) is 4.95. The molecule has 0 aromatic heterocycles. The van der Waals surface area contributed by atoms with Crippen LogP contribution in [-0.4, -0.2) is 17.8 Å². The Morgan fingerprint density at radius 2 is 1.75 bits per heavy atom. The van der Waals surface area contributed by atoms with Crippen LogP contribution in [0.2, 0.25) is 0 Å². The SMILES string of the molecule is C#CC(C)(C)NC1CCCCC1C(F)(F)F. The van der Waals surface area contributed by atoms with Gasteiger partial charge in [0.05, 0.1) is 11.5 Å². The highest BCUT2D eigenvalue weighted by molar-refractivity contribution is 5.09. The topological polar surface area (TPSA) is 12.0 Å². The molecular weight excluding hydrogens is 215 g/mol. The zero-order chi connectivity index (χ0) is 12.4. The minimum absolute atomic E-state index is 0.210. The number of hydrogen-bond acceptors (Lipinski definition) is 1. The summed E-state index contributed by atoms with van der Waals surface area (Å²) in [5.74, 6) is 1.23. The monoisotopic (exact) mass is 233 g/mol. The van der Waals surface area contributed by atoms with Crippen LogP contribution >= 0.6 is 0 Å². The molecule has 4 heteroatoms. The van der Waals surface area contributed by atoms with Crippen LogP contribution in [0.5, 0.6) is 0 Å². The summed E-state index contributed by atoms with van der Waals surface area (Å²) in [5, 5.41) is 2.95. The van der Waals surface area contributed by atoms with Crippen LogP contribution in [0.4, 0.5) is 13.2 Å². The Kier molecular flexibility index (Phi) is 3.90. The lowest BCUT2D eigenvalue weighted by Crippen LogP contribution is -2.52. The predicted octanol–water partition coefficient (Wildman–Crippen LogP) is 3.11. The van der Waals surface area contributed by atoms with Gasteiger partial charge in [-0.1, -0.05) is 18.8 Å². The molecule has 1 aliphatic rings. The number of alkyl halides is 3. The molecular formula is C12H18F3N. The lowest BCUT2D eigenvalue weighted by molar-refractivity contribution is -0.189. The summed E-state index contributed by atoms with van der Waals surface area (Å²) in [5.41, 5.74) is -0.675. The average molecular weight is 233 g/mol. The van der Waals surface area contributed by atoms with Crippen molar-refractivity contribution < 1.29 is 13.2 Å². The normalized spacial score (nSPS) is 27.5. The molecule has 1 N–H and O–H groups in total. The smallest absolute Gasteiger partial charge is 0.298 e. The zero-order valence-corrected chi connectivity index (χ0v) is 9.69. The maximum atomic E-state index is 12.8. The Bertz CT molecular complexity index is 275. The van der Waals surface area contributed by atoms with E-state index in [2.05, 4.69) is 11.2 Å². The minimum Gasteiger partial charge on any atom is -0.298 e. The lowest BCUT2D eigenvalue weighted by atomic mass is 9.82. The highest BCUT2D eigenvalue weighted by atomic mass is 19.4. The van der Waals surface area contributed by atoms with Gasteiger partial charge in [-0.2, -0.15) is 13.2 Å². The van der Waals surface area contributed by atoms with Crippen molar-refractivity contribution in [1.82, 2.24) is 5.32 Å². The van der Waals surface area contributed by atoms with E-state index in [1.807, 2.05) is 0 Å². The lowest BCUT2D eigenvalue weighted by Gasteiger charge is -2.37. The van der Waals surface area contributed by atoms with Crippen molar-refractivity contribution in [2.45, 2.75) is 57.3 Å². The molecule has 1 nitrogen and oxygen atoms in total. The third kappa shape index (κ3) is 3.41. The molecule has 1 saturated carbocycles. The molecule has 2 atom stereocenters. The van der Waals surface area contributed by atoms with E-state index in [9.17, 15) is 13.2 Å². The van der Waals surface area contributed by atoms with Gasteiger partial charge in [0.2, 0.25) is 0 Å². The van der Waals surface area contributed by atoms with E-state index in [0.29, 0.717) is 12.8 Å². The third-order valence-corrected chi connectivity index (χ3v) is 3.09. The van der Waals surface area contributed by atoms with Crippen LogP contribution < -0.4 is 5.32 Å². The minimum atomic E-state index is -4.12. The van der Waals surface area contributed by atoms with Crippen LogP contribution in [0, 0.1) is 18.3 Å². The molecule has 0 aliphatic heterocycles. The van der Waals surface area contributed by atoms with Crippen molar-refractivity contribution in [1.29, 1.82) is 0 Å². The fourth-order valence-electron chi connectivity index (χ4n) is 2.20. The van der Waals surface area contributed by atoms with Gasteiger partial charge < -0.3 is 0 Å². The molecule has 0 aromatic rings. The van der Waals surface area contributed by atoms with Crippen molar-refractivity contribution >= 4 is 0 Å². The Morgan fingerprint density at radius 1 is 1.19 bits per heavy atom. The molecule has 1 rings (SSSR count). The van der Waals surface area contributed by atoms with Crippen molar-refractivity contribution in [2.24, 2.45) is 5.92 Å². The van der Waals surface area contributed by atoms with Crippen molar-refractivity contribution in [3.63, 3.8) is 0 Å². The largest absolute Gasteiger partial charge is 0.393 e. The summed E-state index contributed by atoms with van der Waals surface area (Å²) in [6.07, 6.45) is 3.41. The van der Waals surface area contributed by atoms with Gasteiger partial charge in [-0.25, -0.2) is 0 Å². The van der Waals surface area contributed by atoms with Crippen molar-refractivity contribution in [2.75, 3.05) is 0 Å². The number of hydrogen-bond donors (Lipinski definition) is 1. The Balaban J connectivity index is 2.73. The first kappa shape index (κ1) is 13.4. The average Bonchev–Trinajstić information content (AvgIpc) is 2.16. The predicted molar refractivity (Wildman–Crippen MR) is 57.8 cm³/mol. The Labute approximate surface area is 94.8 Å². The molecule has 0 amide bonds. The van der Waals surface area contributed by atoms with Gasteiger partial charge in [0.1, 0.15) is 0 Å². The second kappa shape index (κ2) is 4.67. The molecule has 1 aliphatic carbocycles.